The Morgan fingerprint density at radius 2 is 2.05 bits per heavy atom. The SMILES string of the molecule is CCCNCc1cccc(CN2CCCC(C)(C)C2)c1. The van der Waals surface area contributed by atoms with Crippen molar-refractivity contribution in [1.82, 2.24) is 10.2 Å². The second-order valence-corrected chi connectivity index (χ2v) is 6.98. The highest BCUT2D eigenvalue weighted by Crippen LogP contribution is 2.29. The Morgan fingerprint density at radius 3 is 2.80 bits per heavy atom. The fourth-order valence-corrected chi connectivity index (χ4v) is 3.19. The molecule has 0 spiro atoms. The molecular formula is C18H30N2. The summed E-state index contributed by atoms with van der Waals surface area (Å²) in [7, 11) is 0. The van der Waals surface area contributed by atoms with Crippen molar-refractivity contribution in [3.05, 3.63) is 35.4 Å². The molecule has 0 unspecified atom stereocenters. The molecular weight excluding hydrogens is 244 g/mol. The summed E-state index contributed by atoms with van der Waals surface area (Å²) >= 11 is 0. The summed E-state index contributed by atoms with van der Waals surface area (Å²) in [6.45, 7) is 12.7. The van der Waals surface area contributed by atoms with Crippen LogP contribution in [0.4, 0.5) is 0 Å². The maximum Gasteiger partial charge on any atom is 0.0234 e. The van der Waals surface area contributed by atoms with Crippen molar-refractivity contribution in [2.24, 2.45) is 5.41 Å². The molecule has 0 aliphatic carbocycles. The Balaban J connectivity index is 1.90. The summed E-state index contributed by atoms with van der Waals surface area (Å²) in [4.78, 5) is 2.61. The fraction of sp³-hybridized carbons (Fsp3) is 0.667. The molecule has 0 aromatic heterocycles. The predicted molar refractivity (Wildman–Crippen MR) is 86.7 cm³/mol. The molecule has 1 fully saturated rings. The first-order chi connectivity index (χ1) is 9.59. The first kappa shape index (κ1) is 15.5. The molecule has 1 heterocycles. The number of nitrogens with one attached hydrogen (secondary N) is 1. The minimum absolute atomic E-state index is 0.485. The lowest BCUT2D eigenvalue weighted by atomic mass is 9.84. The molecule has 1 aliphatic heterocycles. The Kier molecular flexibility index (Phi) is 5.62. The maximum atomic E-state index is 3.48. The quantitative estimate of drug-likeness (QED) is 0.794. The Hall–Kier alpha value is -0.860. The van der Waals surface area contributed by atoms with E-state index in [4.69, 9.17) is 0 Å². The van der Waals surface area contributed by atoms with Crippen LogP contribution in [0.5, 0.6) is 0 Å². The van der Waals surface area contributed by atoms with Gasteiger partial charge >= 0.3 is 0 Å². The summed E-state index contributed by atoms with van der Waals surface area (Å²) in [5.74, 6) is 0. The molecule has 0 saturated carbocycles. The average molecular weight is 274 g/mol. The molecule has 1 aromatic carbocycles. The van der Waals surface area contributed by atoms with Crippen LogP contribution in [0.3, 0.4) is 0 Å². The summed E-state index contributed by atoms with van der Waals surface area (Å²) in [6.07, 6.45) is 3.90. The zero-order valence-corrected chi connectivity index (χ0v) is 13.4. The molecule has 2 rings (SSSR count). The number of hydrogen-bond donors (Lipinski definition) is 1. The van der Waals surface area contributed by atoms with Gasteiger partial charge in [-0.15, -0.1) is 0 Å². The molecule has 0 atom stereocenters. The Labute approximate surface area is 124 Å². The van der Waals surface area contributed by atoms with Crippen LogP contribution < -0.4 is 5.32 Å². The van der Waals surface area contributed by atoms with E-state index >= 15 is 0 Å². The van der Waals surface area contributed by atoms with Gasteiger partial charge in [0.15, 0.2) is 0 Å². The van der Waals surface area contributed by atoms with Crippen LogP contribution >= 0.6 is 0 Å². The minimum atomic E-state index is 0.485. The van der Waals surface area contributed by atoms with Gasteiger partial charge in [-0.1, -0.05) is 45.0 Å². The van der Waals surface area contributed by atoms with E-state index in [2.05, 4.69) is 55.3 Å². The van der Waals surface area contributed by atoms with Gasteiger partial charge in [-0.2, -0.15) is 0 Å². The molecule has 20 heavy (non-hydrogen) atoms. The molecule has 2 heteroatoms. The maximum absolute atomic E-state index is 3.48. The third-order valence-electron chi connectivity index (χ3n) is 4.13. The van der Waals surface area contributed by atoms with Crippen molar-refractivity contribution in [2.75, 3.05) is 19.6 Å². The van der Waals surface area contributed by atoms with Crippen LogP contribution in [-0.4, -0.2) is 24.5 Å². The fourth-order valence-electron chi connectivity index (χ4n) is 3.19. The van der Waals surface area contributed by atoms with Gasteiger partial charge in [0.2, 0.25) is 0 Å². The molecule has 1 aliphatic rings. The predicted octanol–water partition coefficient (Wildman–Crippen LogP) is 3.81. The van der Waals surface area contributed by atoms with E-state index in [0.29, 0.717) is 5.41 Å². The van der Waals surface area contributed by atoms with Gasteiger partial charge in [-0.25, -0.2) is 0 Å². The van der Waals surface area contributed by atoms with E-state index in [1.54, 1.807) is 0 Å². The molecule has 2 nitrogen and oxygen atoms in total. The van der Waals surface area contributed by atoms with Gasteiger partial charge in [-0.05, 0) is 48.9 Å². The number of likely N-dealkylation sites (tertiary alicyclic amines) is 1. The lowest BCUT2D eigenvalue weighted by molar-refractivity contribution is 0.111. The standard InChI is InChI=1S/C18H30N2/c1-4-10-19-13-16-7-5-8-17(12-16)14-20-11-6-9-18(2,3)15-20/h5,7-8,12,19H,4,6,9-11,13-15H2,1-3H3. The molecule has 112 valence electrons. The number of benzene rings is 1. The van der Waals surface area contributed by atoms with E-state index in [0.717, 1.165) is 19.6 Å². The van der Waals surface area contributed by atoms with Gasteiger partial charge in [0, 0.05) is 19.6 Å². The molecule has 1 N–H and O–H groups in total. The minimum Gasteiger partial charge on any atom is -0.313 e. The molecule has 0 amide bonds. The van der Waals surface area contributed by atoms with Crippen molar-refractivity contribution in [1.29, 1.82) is 0 Å². The van der Waals surface area contributed by atoms with Crippen molar-refractivity contribution in [2.45, 2.75) is 53.1 Å². The van der Waals surface area contributed by atoms with Crippen LogP contribution in [0.2, 0.25) is 0 Å². The zero-order chi connectivity index (χ0) is 14.4. The van der Waals surface area contributed by atoms with Gasteiger partial charge in [0.1, 0.15) is 0 Å². The highest BCUT2D eigenvalue weighted by atomic mass is 15.1. The van der Waals surface area contributed by atoms with E-state index in [1.807, 2.05) is 0 Å². The van der Waals surface area contributed by atoms with Gasteiger partial charge in [0.25, 0.3) is 0 Å². The van der Waals surface area contributed by atoms with E-state index in [1.165, 1.54) is 43.5 Å². The lowest BCUT2D eigenvalue weighted by Crippen LogP contribution is -2.39. The van der Waals surface area contributed by atoms with Crippen LogP contribution in [0.25, 0.3) is 0 Å². The monoisotopic (exact) mass is 274 g/mol. The lowest BCUT2D eigenvalue weighted by Gasteiger charge is -2.38. The van der Waals surface area contributed by atoms with Crippen LogP contribution in [0.1, 0.15) is 51.2 Å². The van der Waals surface area contributed by atoms with Gasteiger partial charge < -0.3 is 5.32 Å². The van der Waals surface area contributed by atoms with Crippen molar-refractivity contribution >= 4 is 0 Å². The zero-order valence-electron chi connectivity index (χ0n) is 13.4. The Bertz CT molecular complexity index is 412. The molecule has 0 radical (unpaired) electrons. The van der Waals surface area contributed by atoms with Gasteiger partial charge in [0.05, 0.1) is 0 Å². The van der Waals surface area contributed by atoms with Crippen molar-refractivity contribution in [3.63, 3.8) is 0 Å². The summed E-state index contributed by atoms with van der Waals surface area (Å²) in [5.41, 5.74) is 3.35. The topological polar surface area (TPSA) is 15.3 Å². The van der Waals surface area contributed by atoms with E-state index in [9.17, 15) is 0 Å². The molecule has 1 aromatic rings. The van der Waals surface area contributed by atoms with Crippen molar-refractivity contribution in [3.8, 4) is 0 Å². The van der Waals surface area contributed by atoms with Crippen LogP contribution in [-0.2, 0) is 13.1 Å². The highest BCUT2D eigenvalue weighted by Gasteiger charge is 2.26. The van der Waals surface area contributed by atoms with Crippen molar-refractivity contribution < 1.29 is 0 Å². The second-order valence-electron chi connectivity index (χ2n) is 6.98. The second kappa shape index (κ2) is 7.24. The third-order valence-corrected chi connectivity index (χ3v) is 4.13. The summed E-state index contributed by atoms with van der Waals surface area (Å²) in [5, 5.41) is 3.48. The van der Waals surface area contributed by atoms with E-state index in [-0.39, 0.29) is 0 Å². The van der Waals surface area contributed by atoms with E-state index < -0.39 is 0 Å². The number of piperidine rings is 1. The smallest absolute Gasteiger partial charge is 0.0234 e. The first-order valence-electron chi connectivity index (χ1n) is 8.10. The number of hydrogen-bond acceptors (Lipinski definition) is 2. The Morgan fingerprint density at radius 1 is 1.25 bits per heavy atom. The normalized spacial score (nSPS) is 19.1. The molecule has 0 bridgehead atoms. The van der Waals surface area contributed by atoms with Crippen LogP contribution in [0.15, 0.2) is 24.3 Å². The number of nitrogens with zero attached hydrogens (tertiary/aromatic N) is 1. The third kappa shape index (κ3) is 4.92. The van der Waals surface area contributed by atoms with Crippen LogP contribution in [0, 0.1) is 5.41 Å². The number of rotatable bonds is 6. The average Bonchev–Trinajstić information content (AvgIpc) is 2.38. The largest absolute Gasteiger partial charge is 0.313 e. The van der Waals surface area contributed by atoms with Gasteiger partial charge in [-0.3, -0.25) is 4.90 Å². The summed E-state index contributed by atoms with van der Waals surface area (Å²) in [6, 6.07) is 9.06. The highest BCUT2D eigenvalue weighted by molar-refractivity contribution is 5.23. The molecule has 1 saturated heterocycles. The summed E-state index contributed by atoms with van der Waals surface area (Å²) < 4.78 is 0. The first-order valence-corrected chi connectivity index (χ1v) is 8.10.